The number of ether oxygens (including phenoxy) is 1. The Kier molecular flexibility index (Phi) is 4.50. The lowest BCUT2D eigenvalue weighted by molar-refractivity contribution is 0.0928. The van der Waals surface area contributed by atoms with Gasteiger partial charge < -0.3 is 14.5 Å². The maximum Gasteiger partial charge on any atom is 0.287 e. The van der Waals surface area contributed by atoms with Gasteiger partial charge in [0.1, 0.15) is 5.75 Å². The molecule has 0 radical (unpaired) electrons. The zero-order valence-electron chi connectivity index (χ0n) is 15.3. The highest BCUT2D eigenvalue weighted by Gasteiger charge is 2.13. The summed E-state index contributed by atoms with van der Waals surface area (Å²) < 4.78 is 10.9. The van der Waals surface area contributed by atoms with Crippen LogP contribution in [0.4, 0.5) is 0 Å². The summed E-state index contributed by atoms with van der Waals surface area (Å²) in [4.78, 5) is 16.9. The van der Waals surface area contributed by atoms with Crippen molar-refractivity contribution >= 4 is 27.9 Å². The first-order valence-corrected chi connectivity index (χ1v) is 8.84. The van der Waals surface area contributed by atoms with Crippen LogP contribution in [0.2, 0.25) is 0 Å². The topological polar surface area (TPSA) is 64.4 Å². The van der Waals surface area contributed by atoms with Crippen LogP contribution in [-0.2, 0) is 6.42 Å². The van der Waals surface area contributed by atoms with Gasteiger partial charge in [-0.2, -0.15) is 0 Å². The molecule has 0 fully saturated rings. The van der Waals surface area contributed by atoms with Crippen LogP contribution in [0.1, 0.15) is 21.7 Å². The van der Waals surface area contributed by atoms with E-state index in [9.17, 15) is 4.79 Å². The molecule has 1 amide bonds. The fourth-order valence-electron chi connectivity index (χ4n) is 3.01. The number of pyridine rings is 1. The van der Waals surface area contributed by atoms with Crippen molar-refractivity contribution in [3.05, 3.63) is 71.5 Å². The summed E-state index contributed by atoms with van der Waals surface area (Å²) in [6.07, 6.45) is 0.772. The van der Waals surface area contributed by atoms with Gasteiger partial charge in [0.15, 0.2) is 5.76 Å². The number of benzene rings is 2. The van der Waals surface area contributed by atoms with Gasteiger partial charge >= 0.3 is 0 Å². The third-order valence-electron chi connectivity index (χ3n) is 4.55. The molecule has 27 heavy (non-hydrogen) atoms. The molecule has 2 aromatic carbocycles. The minimum absolute atomic E-state index is 0.234. The maximum absolute atomic E-state index is 12.4. The summed E-state index contributed by atoms with van der Waals surface area (Å²) in [5, 5.41) is 4.63. The van der Waals surface area contributed by atoms with Crippen LogP contribution in [0.5, 0.6) is 5.75 Å². The molecule has 0 saturated heterocycles. The second-order valence-corrected chi connectivity index (χ2v) is 6.54. The normalized spacial score (nSPS) is 11.0. The molecule has 2 aromatic heterocycles. The third-order valence-corrected chi connectivity index (χ3v) is 4.55. The highest BCUT2D eigenvalue weighted by Crippen LogP contribution is 2.25. The molecule has 1 N–H and O–H groups in total. The monoisotopic (exact) mass is 360 g/mol. The van der Waals surface area contributed by atoms with Gasteiger partial charge in [-0.05, 0) is 49.2 Å². The van der Waals surface area contributed by atoms with Crippen molar-refractivity contribution in [1.29, 1.82) is 0 Å². The van der Waals surface area contributed by atoms with Crippen LogP contribution in [0.25, 0.3) is 22.0 Å². The minimum Gasteiger partial charge on any atom is -0.497 e. The van der Waals surface area contributed by atoms with Gasteiger partial charge in [0.25, 0.3) is 5.91 Å². The summed E-state index contributed by atoms with van der Waals surface area (Å²) in [5.41, 5.74) is 3.66. The average Bonchev–Trinajstić information content (AvgIpc) is 3.10. The molecular formula is C22H20N2O3. The summed E-state index contributed by atoms with van der Waals surface area (Å²) >= 11 is 0. The van der Waals surface area contributed by atoms with Crippen LogP contribution < -0.4 is 10.1 Å². The molecule has 2 heterocycles. The van der Waals surface area contributed by atoms with Gasteiger partial charge in [-0.3, -0.25) is 4.79 Å². The number of hydrogen-bond acceptors (Lipinski definition) is 4. The van der Waals surface area contributed by atoms with E-state index in [-0.39, 0.29) is 11.7 Å². The highest BCUT2D eigenvalue weighted by atomic mass is 16.5. The van der Waals surface area contributed by atoms with Crippen molar-refractivity contribution in [2.45, 2.75) is 13.3 Å². The Morgan fingerprint density at radius 2 is 1.89 bits per heavy atom. The van der Waals surface area contributed by atoms with E-state index in [1.807, 2.05) is 24.3 Å². The van der Waals surface area contributed by atoms with Crippen molar-refractivity contribution < 1.29 is 13.9 Å². The standard InChI is InChI=1S/C22H20N2O3/c1-14-3-5-15(6-4-14)9-10-23-21(25)20-13-17-11-16-12-18(26-2)7-8-19(16)24-22(17)27-20/h3-8,11-13H,9-10H2,1-2H3,(H,23,25). The van der Waals surface area contributed by atoms with E-state index in [4.69, 9.17) is 9.15 Å². The molecule has 0 atom stereocenters. The molecule has 4 rings (SSSR count). The number of fused-ring (bicyclic) bond motifs is 2. The minimum atomic E-state index is -0.234. The Hall–Kier alpha value is -3.34. The number of aryl methyl sites for hydroxylation is 1. The zero-order chi connectivity index (χ0) is 18.8. The van der Waals surface area contributed by atoms with Crippen LogP contribution in [-0.4, -0.2) is 24.5 Å². The Morgan fingerprint density at radius 1 is 1.07 bits per heavy atom. The van der Waals surface area contributed by atoms with E-state index in [1.165, 1.54) is 11.1 Å². The van der Waals surface area contributed by atoms with Crippen molar-refractivity contribution in [2.24, 2.45) is 0 Å². The highest BCUT2D eigenvalue weighted by molar-refractivity contribution is 5.98. The second kappa shape index (κ2) is 7.11. The predicted molar refractivity (Wildman–Crippen MR) is 105 cm³/mol. The molecule has 0 aliphatic carbocycles. The lowest BCUT2D eigenvalue weighted by Gasteiger charge is -2.03. The molecule has 0 aliphatic rings. The van der Waals surface area contributed by atoms with Crippen molar-refractivity contribution in [3.8, 4) is 5.75 Å². The summed E-state index contributed by atoms with van der Waals surface area (Å²) in [6, 6.07) is 17.6. The Balaban J connectivity index is 1.49. The van der Waals surface area contributed by atoms with E-state index in [2.05, 4.69) is 41.5 Å². The summed E-state index contributed by atoms with van der Waals surface area (Å²) in [7, 11) is 1.63. The molecule has 0 spiro atoms. The van der Waals surface area contributed by atoms with Gasteiger partial charge in [-0.25, -0.2) is 4.98 Å². The number of carbonyl (C=O) groups is 1. The van der Waals surface area contributed by atoms with Gasteiger partial charge in [0.2, 0.25) is 5.71 Å². The van der Waals surface area contributed by atoms with Crippen LogP contribution in [0, 0.1) is 6.92 Å². The number of nitrogens with zero attached hydrogens (tertiary/aromatic N) is 1. The SMILES string of the molecule is COc1ccc2nc3oc(C(=O)NCCc4ccc(C)cc4)cc3cc2c1. The lowest BCUT2D eigenvalue weighted by Crippen LogP contribution is -2.25. The molecule has 4 aromatic rings. The van der Waals surface area contributed by atoms with Gasteiger partial charge in [0, 0.05) is 17.3 Å². The number of nitrogens with one attached hydrogen (secondary N) is 1. The fraction of sp³-hybridized carbons (Fsp3) is 0.182. The van der Waals surface area contributed by atoms with Gasteiger partial charge in [-0.15, -0.1) is 0 Å². The number of aromatic nitrogens is 1. The van der Waals surface area contributed by atoms with E-state index < -0.39 is 0 Å². The Bertz CT molecular complexity index is 1110. The Morgan fingerprint density at radius 3 is 2.67 bits per heavy atom. The van der Waals surface area contributed by atoms with Crippen LogP contribution in [0.15, 0.2) is 59.0 Å². The molecule has 5 nitrogen and oxygen atoms in total. The first kappa shape index (κ1) is 17.1. The predicted octanol–water partition coefficient (Wildman–Crippen LogP) is 4.27. The molecule has 5 heteroatoms. The average molecular weight is 360 g/mol. The van der Waals surface area contributed by atoms with E-state index in [1.54, 1.807) is 13.2 Å². The maximum atomic E-state index is 12.4. The third kappa shape index (κ3) is 3.62. The number of carbonyl (C=O) groups excluding carboxylic acids is 1. The number of furan rings is 1. The van der Waals surface area contributed by atoms with Gasteiger partial charge in [0.05, 0.1) is 12.6 Å². The molecular weight excluding hydrogens is 340 g/mol. The Labute approximate surface area is 157 Å². The molecule has 0 bridgehead atoms. The molecule has 0 saturated carbocycles. The van der Waals surface area contributed by atoms with E-state index >= 15 is 0 Å². The second-order valence-electron chi connectivity index (χ2n) is 6.54. The lowest BCUT2D eigenvalue weighted by atomic mass is 10.1. The largest absolute Gasteiger partial charge is 0.497 e. The fourth-order valence-corrected chi connectivity index (χ4v) is 3.01. The van der Waals surface area contributed by atoms with Crippen molar-refractivity contribution in [3.63, 3.8) is 0 Å². The summed E-state index contributed by atoms with van der Waals surface area (Å²) in [6.45, 7) is 2.60. The zero-order valence-corrected chi connectivity index (χ0v) is 15.3. The molecule has 0 aliphatic heterocycles. The van der Waals surface area contributed by atoms with Crippen LogP contribution in [0.3, 0.4) is 0 Å². The van der Waals surface area contributed by atoms with E-state index in [0.29, 0.717) is 12.3 Å². The summed E-state index contributed by atoms with van der Waals surface area (Å²) in [5.74, 6) is 0.798. The van der Waals surface area contributed by atoms with Gasteiger partial charge in [-0.1, -0.05) is 29.8 Å². The van der Waals surface area contributed by atoms with Crippen LogP contribution >= 0.6 is 0 Å². The number of methoxy groups -OCH3 is 1. The van der Waals surface area contributed by atoms with E-state index in [0.717, 1.165) is 28.5 Å². The first-order chi connectivity index (χ1) is 13.1. The first-order valence-electron chi connectivity index (χ1n) is 8.84. The van der Waals surface area contributed by atoms with Crippen molar-refractivity contribution in [1.82, 2.24) is 10.3 Å². The molecule has 136 valence electrons. The smallest absolute Gasteiger partial charge is 0.287 e. The number of rotatable bonds is 5. The number of hydrogen-bond donors (Lipinski definition) is 1. The molecule has 0 unspecified atom stereocenters. The van der Waals surface area contributed by atoms with Crippen molar-refractivity contribution in [2.75, 3.05) is 13.7 Å². The quantitative estimate of drug-likeness (QED) is 0.577. The number of amides is 1.